The summed E-state index contributed by atoms with van der Waals surface area (Å²) >= 11 is 0. The van der Waals surface area contributed by atoms with E-state index in [0.717, 1.165) is 29.6 Å². The number of imidazole rings is 1. The van der Waals surface area contributed by atoms with E-state index in [0.29, 0.717) is 24.6 Å². The summed E-state index contributed by atoms with van der Waals surface area (Å²) in [5.41, 5.74) is 1.66. The second kappa shape index (κ2) is 9.24. The molecule has 1 saturated heterocycles. The lowest BCUT2D eigenvalue weighted by atomic mass is 10.0. The Labute approximate surface area is 191 Å². The number of carbonyl (C=O) groups is 1. The molecule has 0 saturated carbocycles. The molecule has 0 atom stereocenters. The van der Waals surface area contributed by atoms with Gasteiger partial charge in [-0.3, -0.25) is 9.36 Å². The van der Waals surface area contributed by atoms with Crippen LogP contribution in [-0.4, -0.2) is 40.1 Å². The van der Waals surface area contributed by atoms with Crippen LogP contribution >= 0.6 is 0 Å². The van der Waals surface area contributed by atoms with E-state index in [1.807, 2.05) is 76.2 Å². The molecular formula is C26H25N3O4. The third-order valence-corrected chi connectivity index (χ3v) is 5.97. The second-order valence-corrected chi connectivity index (χ2v) is 8.10. The van der Waals surface area contributed by atoms with Crippen molar-refractivity contribution in [2.75, 3.05) is 19.7 Å². The third kappa shape index (κ3) is 4.62. The Morgan fingerprint density at radius 1 is 0.848 bits per heavy atom. The zero-order valence-electron chi connectivity index (χ0n) is 18.1. The van der Waals surface area contributed by atoms with Crippen molar-refractivity contribution >= 4 is 16.9 Å². The highest BCUT2D eigenvalue weighted by atomic mass is 16.5. The standard InChI is InChI=1S/C26H25N3O4/c30-25(18-32-20-10-12-22(13-11-20)33-21-6-2-1-3-7-21)28-16-14-19(15-17-28)29-24-9-5-4-8-23(24)27-26(29)31/h1-13,19H,14-18H2,(H,27,31). The Hall–Kier alpha value is -4.00. The van der Waals surface area contributed by atoms with Crippen molar-refractivity contribution in [1.82, 2.24) is 14.5 Å². The van der Waals surface area contributed by atoms with Gasteiger partial charge in [0, 0.05) is 19.1 Å². The minimum absolute atomic E-state index is 0.0173. The van der Waals surface area contributed by atoms with Crippen LogP contribution in [0.25, 0.3) is 11.0 Å². The number of hydrogen-bond donors (Lipinski definition) is 1. The van der Waals surface area contributed by atoms with Gasteiger partial charge < -0.3 is 19.4 Å². The number of ether oxygens (including phenoxy) is 2. The molecule has 3 aromatic carbocycles. The summed E-state index contributed by atoms with van der Waals surface area (Å²) in [6.07, 6.45) is 1.47. The van der Waals surface area contributed by atoms with E-state index < -0.39 is 0 Å². The second-order valence-electron chi connectivity index (χ2n) is 8.10. The first-order valence-electron chi connectivity index (χ1n) is 11.1. The number of carbonyl (C=O) groups excluding carboxylic acids is 1. The maximum Gasteiger partial charge on any atom is 0.326 e. The minimum Gasteiger partial charge on any atom is -0.484 e. The van der Waals surface area contributed by atoms with E-state index in [9.17, 15) is 9.59 Å². The molecular weight excluding hydrogens is 418 g/mol. The summed E-state index contributed by atoms with van der Waals surface area (Å²) in [6.45, 7) is 1.18. The maximum absolute atomic E-state index is 12.7. The normalized spacial score (nSPS) is 14.4. The van der Waals surface area contributed by atoms with Crippen LogP contribution in [0.2, 0.25) is 0 Å². The first-order valence-corrected chi connectivity index (χ1v) is 11.1. The van der Waals surface area contributed by atoms with E-state index in [2.05, 4.69) is 4.98 Å². The van der Waals surface area contributed by atoms with Crippen molar-refractivity contribution in [3.05, 3.63) is 89.3 Å². The number of fused-ring (bicyclic) bond motifs is 1. The molecule has 0 aliphatic carbocycles. The smallest absolute Gasteiger partial charge is 0.326 e. The molecule has 1 aliphatic rings. The van der Waals surface area contributed by atoms with Crippen LogP contribution in [-0.2, 0) is 4.79 Å². The summed E-state index contributed by atoms with van der Waals surface area (Å²) < 4.78 is 13.3. The summed E-state index contributed by atoms with van der Waals surface area (Å²) in [5.74, 6) is 2.03. The van der Waals surface area contributed by atoms with Gasteiger partial charge in [-0.15, -0.1) is 0 Å². The Kier molecular flexibility index (Phi) is 5.85. The van der Waals surface area contributed by atoms with E-state index in [-0.39, 0.29) is 24.2 Å². The van der Waals surface area contributed by atoms with Crippen LogP contribution in [0, 0.1) is 0 Å². The molecule has 1 aromatic heterocycles. The molecule has 168 valence electrons. The number of aromatic amines is 1. The van der Waals surface area contributed by atoms with Gasteiger partial charge in [0.1, 0.15) is 17.2 Å². The lowest BCUT2D eigenvalue weighted by molar-refractivity contribution is -0.134. The predicted octanol–water partition coefficient (Wildman–Crippen LogP) is 4.36. The van der Waals surface area contributed by atoms with Crippen molar-refractivity contribution in [2.45, 2.75) is 18.9 Å². The fraction of sp³-hybridized carbons (Fsp3) is 0.231. The first-order chi connectivity index (χ1) is 16.2. The topological polar surface area (TPSA) is 76.6 Å². The molecule has 1 amide bonds. The minimum atomic E-state index is -0.0935. The largest absolute Gasteiger partial charge is 0.484 e. The number of piperidine rings is 1. The number of para-hydroxylation sites is 3. The molecule has 4 aromatic rings. The van der Waals surface area contributed by atoms with Gasteiger partial charge in [-0.25, -0.2) is 4.79 Å². The van der Waals surface area contributed by atoms with Crippen LogP contribution in [0.3, 0.4) is 0 Å². The average molecular weight is 444 g/mol. The summed E-state index contributed by atoms with van der Waals surface area (Å²) in [5, 5.41) is 0. The lowest BCUT2D eigenvalue weighted by Crippen LogP contribution is -2.42. The number of nitrogens with zero attached hydrogens (tertiary/aromatic N) is 2. The van der Waals surface area contributed by atoms with Crippen LogP contribution in [0.4, 0.5) is 0 Å². The number of H-pyrrole nitrogens is 1. The van der Waals surface area contributed by atoms with Gasteiger partial charge in [-0.1, -0.05) is 30.3 Å². The van der Waals surface area contributed by atoms with Crippen molar-refractivity contribution in [3.63, 3.8) is 0 Å². The van der Waals surface area contributed by atoms with Crippen molar-refractivity contribution in [1.29, 1.82) is 0 Å². The fourth-order valence-corrected chi connectivity index (χ4v) is 4.28. The van der Waals surface area contributed by atoms with Gasteiger partial charge >= 0.3 is 5.69 Å². The Balaban J connectivity index is 1.13. The van der Waals surface area contributed by atoms with Gasteiger partial charge in [-0.05, 0) is 61.4 Å². The molecule has 5 rings (SSSR count). The average Bonchev–Trinajstić information content (AvgIpc) is 3.20. The van der Waals surface area contributed by atoms with Crippen LogP contribution < -0.4 is 15.2 Å². The van der Waals surface area contributed by atoms with E-state index >= 15 is 0 Å². The highest BCUT2D eigenvalue weighted by Crippen LogP contribution is 2.26. The Bertz CT molecular complexity index is 1290. The molecule has 2 heterocycles. The molecule has 0 bridgehead atoms. The highest BCUT2D eigenvalue weighted by molar-refractivity contribution is 5.78. The monoisotopic (exact) mass is 443 g/mol. The van der Waals surface area contributed by atoms with E-state index in [1.165, 1.54) is 0 Å². The van der Waals surface area contributed by atoms with Crippen molar-refractivity contribution in [3.8, 4) is 17.2 Å². The van der Waals surface area contributed by atoms with Crippen molar-refractivity contribution < 1.29 is 14.3 Å². The lowest BCUT2D eigenvalue weighted by Gasteiger charge is -2.32. The number of hydrogen-bond acceptors (Lipinski definition) is 4. The molecule has 7 nitrogen and oxygen atoms in total. The van der Waals surface area contributed by atoms with Crippen LogP contribution in [0.15, 0.2) is 83.7 Å². The molecule has 33 heavy (non-hydrogen) atoms. The zero-order valence-corrected chi connectivity index (χ0v) is 18.1. The molecule has 1 N–H and O–H groups in total. The molecule has 1 fully saturated rings. The SMILES string of the molecule is O=C(COc1ccc(Oc2ccccc2)cc1)N1CCC(n2c(=O)[nH]c3ccccc32)CC1. The molecule has 0 spiro atoms. The van der Waals surface area contributed by atoms with E-state index in [4.69, 9.17) is 9.47 Å². The molecule has 7 heteroatoms. The van der Waals surface area contributed by atoms with Crippen LogP contribution in [0.5, 0.6) is 17.2 Å². The number of aromatic nitrogens is 2. The Morgan fingerprint density at radius 3 is 2.24 bits per heavy atom. The molecule has 0 radical (unpaired) electrons. The maximum atomic E-state index is 12.7. The fourth-order valence-electron chi connectivity index (χ4n) is 4.28. The van der Waals surface area contributed by atoms with Crippen LogP contribution in [0.1, 0.15) is 18.9 Å². The predicted molar refractivity (Wildman–Crippen MR) is 126 cm³/mol. The van der Waals surface area contributed by atoms with Gasteiger partial charge in [0.2, 0.25) is 0 Å². The number of amides is 1. The summed E-state index contributed by atoms with van der Waals surface area (Å²) in [7, 11) is 0. The number of rotatable bonds is 6. The zero-order chi connectivity index (χ0) is 22.6. The van der Waals surface area contributed by atoms with Gasteiger partial charge in [0.25, 0.3) is 5.91 Å². The van der Waals surface area contributed by atoms with Gasteiger partial charge in [0.05, 0.1) is 11.0 Å². The number of nitrogens with one attached hydrogen (secondary N) is 1. The Morgan fingerprint density at radius 2 is 1.48 bits per heavy atom. The number of likely N-dealkylation sites (tertiary alicyclic amines) is 1. The van der Waals surface area contributed by atoms with Gasteiger partial charge in [0.15, 0.2) is 6.61 Å². The summed E-state index contributed by atoms with van der Waals surface area (Å²) in [4.78, 5) is 29.8. The third-order valence-electron chi connectivity index (χ3n) is 5.97. The van der Waals surface area contributed by atoms with Crippen molar-refractivity contribution in [2.24, 2.45) is 0 Å². The van der Waals surface area contributed by atoms with E-state index in [1.54, 1.807) is 12.1 Å². The highest BCUT2D eigenvalue weighted by Gasteiger charge is 2.26. The number of benzene rings is 3. The van der Waals surface area contributed by atoms with Gasteiger partial charge in [-0.2, -0.15) is 0 Å². The first kappa shape index (κ1) is 20.9. The molecule has 1 aliphatic heterocycles. The summed E-state index contributed by atoms with van der Waals surface area (Å²) in [6, 6.07) is 24.6. The quantitative estimate of drug-likeness (QED) is 0.480. The molecule has 0 unspecified atom stereocenters.